The first kappa shape index (κ1) is 22.3. The minimum atomic E-state index is -3.01. The third-order valence-corrected chi connectivity index (χ3v) is 5.00. The highest BCUT2D eigenvalue weighted by Crippen LogP contribution is 2.24. The van der Waals surface area contributed by atoms with Crippen LogP contribution in [0.15, 0.2) is 24.3 Å². The molecule has 10 heteroatoms. The highest BCUT2D eigenvalue weighted by Gasteiger charge is 2.40. The van der Waals surface area contributed by atoms with Crippen LogP contribution in [-0.4, -0.2) is 73.2 Å². The summed E-state index contributed by atoms with van der Waals surface area (Å²) in [5.74, 6) is -0.676. The molecule has 2 aliphatic heterocycles. The Hall–Kier alpha value is -1.97. The van der Waals surface area contributed by atoms with Crippen LogP contribution >= 0.6 is 12.4 Å². The van der Waals surface area contributed by atoms with Gasteiger partial charge in [-0.15, -0.1) is 12.4 Å². The van der Waals surface area contributed by atoms with Crippen molar-refractivity contribution in [2.75, 3.05) is 39.4 Å². The molecule has 0 radical (unpaired) electrons. The molecule has 0 saturated carbocycles. The number of amides is 2. The number of nitrogens with zero attached hydrogens (tertiary/aromatic N) is 2. The van der Waals surface area contributed by atoms with Crippen molar-refractivity contribution >= 4 is 24.2 Å². The summed E-state index contributed by atoms with van der Waals surface area (Å²) in [4.78, 5) is 28.6. The van der Waals surface area contributed by atoms with Crippen LogP contribution in [0.4, 0.5) is 8.78 Å². The van der Waals surface area contributed by atoms with Gasteiger partial charge in [-0.2, -0.15) is 8.78 Å². The summed E-state index contributed by atoms with van der Waals surface area (Å²) in [5.41, 5.74) is 5.41. The molecule has 2 N–H and O–H groups in total. The number of alkyl halides is 2. The van der Waals surface area contributed by atoms with Crippen LogP contribution < -0.4 is 10.5 Å². The first-order chi connectivity index (χ1) is 12.9. The summed E-state index contributed by atoms with van der Waals surface area (Å²) in [6, 6.07) is 5.91. The molecule has 2 fully saturated rings. The predicted molar refractivity (Wildman–Crippen MR) is 99.8 cm³/mol. The van der Waals surface area contributed by atoms with Crippen LogP contribution in [0.2, 0.25) is 0 Å². The monoisotopic (exact) mass is 419 g/mol. The van der Waals surface area contributed by atoms with Gasteiger partial charge in [0.25, 0.3) is 5.91 Å². The fourth-order valence-corrected chi connectivity index (χ4v) is 3.39. The molecule has 156 valence electrons. The lowest BCUT2D eigenvalue weighted by atomic mass is 9.89. The van der Waals surface area contributed by atoms with Crippen molar-refractivity contribution in [3.63, 3.8) is 0 Å². The number of hydrogen-bond acceptors (Lipinski definition) is 5. The summed E-state index contributed by atoms with van der Waals surface area (Å²) in [6.07, 6.45) is 0.951. The van der Waals surface area contributed by atoms with Gasteiger partial charge >= 0.3 is 6.61 Å². The molecule has 0 bridgehead atoms. The molecule has 0 unspecified atom stereocenters. The molecule has 7 nitrogen and oxygen atoms in total. The maximum Gasteiger partial charge on any atom is 0.387 e. The molecule has 1 aromatic carbocycles. The maximum absolute atomic E-state index is 12.7. The summed E-state index contributed by atoms with van der Waals surface area (Å²) < 4.78 is 34.8. The van der Waals surface area contributed by atoms with E-state index in [1.54, 1.807) is 11.0 Å². The van der Waals surface area contributed by atoms with E-state index in [0.29, 0.717) is 52.2 Å². The van der Waals surface area contributed by atoms with Crippen molar-refractivity contribution < 1.29 is 27.8 Å². The number of rotatable bonds is 4. The number of ether oxygens (including phenoxy) is 2. The van der Waals surface area contributed by atoms with Crippen molar-refractivity contribution in [2.45, 2.75) is 25.0 Å². The van der Waals surface area contributed by atoms with E-state index >= 15 is 0 Å². The minimum Gasteiger partial charge on any atom is -0.434 e. The van der Waals surface area contributed by atoms with Gasteiger partial charge in [0, 0.05) is 39.4 Å². The molecule has 0 aromatic heterocycles. The zero-order valence-electron chi connectivity index (χ0n) is 15.3. The smallest absolute Gasteiger partial charge is 0.387 e. The summed E-state index contributed by atoms with van der Waals surface area (Å²) in [6.45, 7) is -0.776. The van der Waals surface area contributed by atoms with Crippen LogP contribution in [0.25, 0.3) is 0 Å². The Morgan fingerprint density at radius 1 is 1.07 bits per heavy atom. The van der Waals surface area contributed by atoms with Gasteiger partial charge in [-0.25, -0.2) is 0 Å². The molecule has 2 amide bonds. The van der Waals surface area contributed by atoms with Crippen molar-refractivity contribution in [3.8, 4) is 5.75 Å². The predicted octanol–water partition coefficient (Wildman–Crippen LogP) is 1.50. The number of piperazine rings is 1. The lowest BCUT2D eigenvalue weighted by Crippen LogP contribution is -2.61. The topological polar surface area (TPSA) is 85.1 Å². The van der Waals surface area contributed by atoms with Crippen LogP contribution in [0.1, 0.15) is 23.2 Å². The Labute approximate surface area is 168 Å². The Morgan fingerprint density at radius 2 is 1.64 bits per heavy atom. The Morgan fingerprint density at radius 3 is 2.25 bits per heavy atom. The highest BCUT2D eigenvalue weighted by molar-refractivity contribution is 5.97. The van der Waals surface area contributed by atoms with E-state index in [1.807, 2.05) is 0 Å². The number of nitrogens with two attached hydrogens (primary N) is 1. The molecule has 0 spiro atoms. The molecule has 3 rings (SSSR count). The van der Waals surface area contributed by atoms with Gasteiger partial charge in [-0.1, -0.05) is 12.1 Å². The molecule has 2 heterocycles. The Bertz CT molecular complexity index is 693. The van der Waals surface area contributed by atoms with Crippen molar-refractivity contribution in [2.24, 2.45) is 5.73 Å². The number of hydrogen-bond donors (Lipinski definition) is 1. The molecule has 28 heavy (non-hydrogen) atoms. The van der Waals surface area contributed by atoms with Gasteiger partial charge in [-0.05, 0) is 25.0 Å². The van der Waals surface area contributed by atoms with Crippen LogP contribution in [-0.2, 0) is 9.53 Å². The van der Waals surface area contributed by atoms with E-state index in [1.165, 1.54) is 23.1 Å². The van der Waals surface area contributed by atoms with Crippen LogP contribution in [0.5, 0.6) is 5.75 Å². The molecular formula is C18H24ClF2N3O4. The third kappa shape index (κ3) is 4.89. The van der Waals surface area contributed by atoms with Crippen LogP contribution in [0.3, 0.4) is 0 Å². The van der Waals surface area contributed by atoms with Crippen molar-refractivity contribution in [1.29, 1.82) is 0 Å². The zero-order chi connectivity index (χ0) is 19.4. The first-order valence-electron chi connectivity index (χ1n) is 8.90. The molecule has 1 aromatic rings. The molecule has 0 atom stereocenters. The Kier molecular flexibility index (Phi) is 7.56. The normalized spacial score (nSPS) is 19.1. The van der Waals surface area contributed by atoms with E-state index in [4.69, 9.17) is 10.5 Å². The van der Waals surface area contributed by atoms with E-state index in [0.717, 1.165) is 0 Å². The van der Waals surface area contributed by atoms with E-state index in [2.05, 4.69) is 4.74 Å². The Balaban J connectivity index is 0.00000280. The van der Waals surface area contributed by atoms with E-state index in [-0.39, 0.29) is 29.6 Å². The molecule has 2 aliphatic rings. The fraction of sp³-hybridized carbons (Fsp3) is 0.556. The molecule has 0 aliphatic carbocycles. The van der Waals surface area contributed by atoms with Gasteiger partial charge in [0.05, 0.1) is 11.1 Å². The van der Waals surface area contributed by atoms with Crippen molar-refractivity contribution in [1.82, 2.24) is 9.80 Å². The largest absolute Gasteiger partial charge is 0.434 e. The average molecular weight is 420 g/mol. The maximum atomic E-state index is 12.7. The number of carbonyl (C=O) groups excluding carboxylic acids is 2. The van der Waals surface area contributed by atoms with Crippen molar-refractivity contribution in [3.05, 3.63) is 29.8 Å². The number of para-hydroxylation sites is 1. The van der Waals surface area contributed by atoms with E-state index in [9.17, 15) is 18.4 Å². The van der Waals surface area contributed by atoms with Gasteiger partial charge in [0.1, 0.15) is 5.75 Å². The average Bonchev–Trinajstić information content (AvgIpc) is 2.67. The van der Waals surface area contributed by atoms with Gasteiger partial charge < -0.3 is 25.0 Å². The number of carbonyl (C=O) groups is 2. The van der Waals surface area contributed by atoms with Gasteiger partial charge in [0.15, 0.2) is 0 Å². The van der Waals surface area contributed by atoms with Crippen LogP contribution in [0, 0.1) is 0 Å². The zero-order valence-corrected chi connectivity index (χ0v) is 16.1. The summed E-state index contributed by atoms with van der Waals surface area (Å²) in [5, 5.41) is 0. The molecule has 2 saturated heterocycles. The second-order valence-electron chi connectivity index (χ2n) is 6.73. The first-order valence-corrected chi connectivity index (χ1v) is 8.90. The number of halogens is 3. The lowest BCUT2D eigenvalue weighted by Gasteiger charge is -2.41. The lowest BCUT2D eigenvalue weighted by molar-refractivity contribution is -0.142. The second kappa shape index (κ2) is 9.49. The quantitative estimate of drug-likeness (QED) is 0.799. The minimum absolute atomic E-state index is 0. The fourth-order valence-electron chi connectivity index (χ4n) is 3.39. The third-order valence-electron chi connectivity index (χ3n) is 5.00. The SMILES string of the molecule is Cl.NC1(C(=O)N2CCN(C(=O)c3ccccc3OC(F)F)CC2)CCOCC1. The van der Waals surface area contributed by atoms with E-state index < -0.39 is 18.1 Å². The second-order valence-corrected chi connectivity index (χ2v) is 6.73. The number of benzene rings is 1. The van der Waals surface area contributed by atoms with Gasteiger partial charge in [0.2, 0.25) is 5.91 Å². The summed E-state index contributed by atoms with van der Waals surface area (Å²) >= 11 is 0. The summed E-state index contributed by atoms with van der Waals surface area (Å²) in [7, 11) is 0. The molecular weight excluding hydrogens is 396 g/mol. The van der Waals surface area contributed by atoms with Gasteiger partial charge in [-0.3, -0.25) is 9.59 Å². The standard InChI is InChI=1S/C18H23F2N3O4.ClH/c19-17(20)27-14-4-2-1-3-13(14)15(24)22-7-9-23(10-8-22)16(25)18(21)5-11-26-12-6-18;/h1-4,17H,5-12,21H2;1H. The highest BCUT2D eigenvalue weighted by atomic mass is 35.5.